The van der Waals surface area contributed by atoms with Crippen LogP contribution in [0.1, 0.15) is 34.1 Å². The molecule has 0 rings (SSSR count). The summed E-state index contributed by atoms with van der Waals surface area (Å²) < 4.78 is 0. The molecule has 0 radical (unpaired) electrons. The Bertz CT molecular complexity index is 174. The van der Waals surface area contributed by atoms with Crippen LogP contribution in [0.2, 0.25) is 0 Å². The van der Waals surface area contributed by atoms with E-state index >= 15 is 0 Å². The molecule has 0 unspecified atom stereocenters. The van der Waals surface area contributed by atoms with Gasteiger partial charge in [0.1, 0.15) is 5.60 Å². The summed E-state index contributed by atoms with van der Waals surface area (Å²) in [5, 5.41) is 30.3. The van der Waals surface area contributed by atoms with E-state index in [0.717, 1.165) is 0 Å². The fraction of sp³-hybridized carbons (Fsp3) is 0.875. The summed E-state index contributed by atoms with van der Waals surface area (Å²) in [6, 6.07) is 0. The Hall–Kier alpha value is -0.610. The average Bonchev–Trinajstić information content (AvgIpc) is 1.78. The highest BCUT2D eigenvalue weighted by molar-refractivity contribution is 5.91. The highest BCUT2D eigenvalue weighted by Crippen LogP contribution is 2.16. The number of rotatable bonds is 3. The number of hydrogen-bond donors (Lipinski definition) is 3. The van der Waals surface area contributed by atoms with Crippen LogP contribution in [0.3, 0.4) is 0 Å². The Balaban J connectivity index is 4.43. The quantitative estimate of drug-likeness (QED) is 0.336. The molecule has 0 bridgehead atoms. The minimum atomic E-state index is -1.19. The van der Waals surface area contributed by atoms with Crippen molar-refractivity contribution in [3.63, 3.8) is 0 Å². The van der Waals surface area contributed by atoms with E-state index in [1.165, 1.54) is 13.8 Å². The van der Waals surface area contributed by atoms with Gasteiger partial charge >= 0.3 is 0 Å². The molecule has 0 aliphatic carbocycles. The molecule has 12 heavy (non-hydrogen) atoms. The standard InChI is InChI=1S/C8H17NO3/c1-7(2,10)5-6(9-12)8(3,4)11/h10-12H,5H2,1-4H3/b9-6-. The molecular weight excluding hydrogens is 158 g/mol. The molecule has 0 fully saturated rings. The number of hydrogen-bond acceptors (Lipinski definition) is 4. The van der Waals surface area contributed by atoms with Gasteiger partial charge in [0.25, 0.3) is 0 Å². The van der Waals surface area contributed by atoms with E-state index in [-0.39, 0.29) is 12.1 Å². The molecule has 0 heterocycles. The van der Waals surface area contributed by atoms with Crippen molar-refractivity contribution in [1.29, 1.82) is 0 Å². The molecule has 0 aliphatic heterocycles. The molecule has 3 N–H and O–H groups in total. The summed E-state index contributed by atoms with van der Waals surface area (Å²) in [5.74, 6) is 0. The number of oxime groups is 1. The predicted octanol–water partition coefficient (Wildman–Crippen LogP) is 0.748. The van der Waals surface area contributed by atoms with E-state index in [9.17, 15) is 10.2 Å². The van der Waals surface area contributed by atoms with Gasteiger partial charge in [0.15, 0.2) is 0 Å². The third kappa shape index (κ3) is 4.31. The van der Waals surface area contributed by atoms with Crippen LogP contribution >= 0.6 is 0 Å². The Morgan fingerprint density at radius 3 is 1.67 bits per heavy atom. The summed E-state index contributed by atoms with van der Waals surface area (Å²) in [6.45, 7) is 6.19. The summed E-state index contributed by atoms with van der Waals surface area (Å²) in [7, 11) is 0. The maximum absolute atomic E-state index is 9.44. The maximum atomic E-state index is 9.44. The smallest absolute Gasteiger partial charge is 0.100 e. The molecule has 0 aromatic rings. The lowest BCUT2D eigenvalue weighted by Gasteiger charge is -2.24. The van der Waals surface area contributed by atoms with Crippen molar-refractivity contribution in [3.05, 3.63) is 0 Å². The molecule has 0 amide bonds. The van der Waals surface area contributed by atoms with Gasteiger partial charge in [-0.2, -0.15) is 0 Å². The van der Waals surface area contributed by atoms with Crippen LogP contribution in [0.5, 0.6) is 0 Å². The van der Waals surface area contributed by atoms with Crippen molar-refractivity contribution in [1.82, 2.24) is 0 Å². The highest BCUT2D eigenvalue weighted by Gasteiger charge is 2.27. The van der Waals surface area contributed by atoms with Crippen molar-refractivity contribution in [3.8, 4) is 0 Å². The second-order valence-electron chi connectivity index (χ2n) is 4.09. The summed E-state index contributed by atoms with van der Waals surface area (Å²) in [5.41, 5.74) is -1.98. The van der Waals surface area contributed by atoms with Gasteiger partial charge in [-0.15, -0.1) is 0 Å². The van der Waals surface area contributed by atoms with Crippen molar-refractivity contribution in [2.24, 2.45) is 5.16 Å². The zero-order chi connectivity index (χ0) is 9.99. The monoisotopic (exact) mass is 175 g/mol. The average molecular weight is 175 g/mol. The first-order valence-corrected chi connectivity index (χ1v) is 3.83. The van der Waals surface area contributed by atoms with Crippen LogP contribution in [0.25, 0.3) is 0 Å². The van der Waals surface area contributed by atoms with Gasteiger partial charge < -0.3 is 15.4 Å². The SMILES string of the molecule is CC(C)(O)C/C(=N/O)C(C)(C)O. The second kappa shape index (κ2) is 3.41. The minimum absolute atomic E-state index is 0.146. The fourth-order valence-electron chi connectivity index (χ4n) is 0.784. The largest absolute Gasteiger partial charge is 0.411 e. The zero-order valence-electron chi connectivity index (χ0n) is 8.00. The van der Waals surface area contributed by atoms with E-state index in [0.29, 0.717) is 0 Å². The fourth-order valence-corrected chi connectivity index (χ4v) is 0.784. The third-order valence-corrected chi connectivity index (χ3v) is 1.43. The van der Waals surface area contributed by atoms with E-state index in [1.807, 2.05) is 0 Å². The van der Waals surface area contributed by atoms with E-state index in [1.54, 1.807) is 13.8 Å². The van der Waals surface area contributed by atoms with E-state index in [4.69, 9.17) is 5.21 Å². The first kappa shape index (κ1) is 11.4. The van der Waals surface area contributed by atoms with E-state index < -0.39 is 11.2 Å². The van der Waals surface area contributed by atoms with Gasteiger partial charge in [0.05, 0.1) is 11.3 Å². The first-order valence-electron chi connectivity index (χ1n) is 3.83. The van der Waals surface area contributed by atoms with Crippen LogP contribution in [0.15, 0.2) is 5.16 Å². The Morgan fingerprint density at radius 2 is 1.58 bits per heavy atom. The van der Waals surface area contributed by atoms with Gasteiger partial charge in [-0.25, -0.2) is 0 Å². The molecule has 0 atom stereocenters. The van der Waals surface area contributed by atoms with Crippen LogP contribution < -0.4 is 0 Å². The number of nitrogens with zero attached hydrogens (tertiary/aromatic N) is 1. The van der Waals surface area contributed by atoms with Crippen LogP contribution in [-0.4, -0.2) is 32.3 Å². The van der Waals surface area contributed by atoms with Crippen molar-refractivity contribution in [2.45, 2.75) is 45.3 Å². The molecule has 0 aliphatic rings. The lowest BCUT2D eigenvalue weighted by Crippen LogP contribution is -2.37. The molecule has 0 aromatic carbocycles. The van der Waals surface area contributed by atoms with Gasteiger partial charge in [-0.05, 0) is 27.7 Å². The van der Waals surface area contributed by atoms with Gasteiger partial charge in [-0.3, -0.25) is 0 Å². The summed E-state index contributed by atoms with van der Waals surface area (Å²) in [6.07, 6.45) is 0.146. The molecule has 0 saturated carbocycles. The zero-order valence-corrected chi connectivity index (χ0v) is 8.00. The Labute approximate surface area is 72.5 Å². The number of aliphatic hydroxyl groups is 2. The third-order valence-electron chi connectivity index (χ3n) is 1.43. The Morgan fingerprint density at radius 1 is 1.17 bits per heavy atom. The first-order chi connectivity index (χ1) is 5.17. The van der Waals surface area contributed by atoms with Crippen LogP contribution in [0.4, 0.5) is 0 Å². The Kier molecular flexibility index (Phi) is 3.24. The van der Waals surface area contributed by atoms with Gasteiger partial charge in [0.2, 0.25) is 0 Å². The molecule has 4 heteroatoms. The maximum Gasteiger partial charge on any atom is 0.100 e. The summed E-state index contributed by atoms with van der Waals surface area (Å²) >= 11 is 0. The predicted molar refractivity (Wildman–Crippen MR) is 46.4 cm³/mol. The lowest BCUT2D eigenvalue weighted by atomic mass is 9.92. The second-order valence-corrected chi connectivity index (χ2v) is 4.09. The normalized spacial score (nSPS) is 15.0. The molecule has 0 spiro atoms. The molecule has 0 saturated heterocycles. The molecule has 0 aromatic heterocycles. The van der Waals surface area contributed by atoms with Crippen LogP contribution in [-0.2, 0) is 0 Å². The topological polar surface area (TPSA) is 73.1 Å². The van der Waals surface area contributed by atoms with Gasteiger partial charge in [0, 0.05) is 6.42 Å². The van der Waals surface area contributed by atoms with Gasteiger partial charge in [-0.1, -0.05) is 5.16 Å². The van der Waals surface area contributed by atoms with E-state index in [2.05, 4.69) is 5.16 Å². The van der Waals surface area contributed by atoms with Crippen LogP contribution in [0, 0.1) is 0 Å². The molecular formula is C8H17NO3. The van der Waals surface area contributed by atoms with Crippen molar-refractivity contribution >= 4 is 5.71 Å². The molecule has 72 valence electrons. The highest BCUT2D eigenvalue weighted by atomic mass is 16.4. The van der Waals surface area contributed by atoms with Crippen molar-refractivity contribution in [2.75, 3.05) is 0 Å². The minimum Gasteiger partial charge on any atom is -0.411 e. The summed E-state index contributed by atoms with van der Waals surface area (Å²) in [4.78, 5) is 0. The van der Waals surface area contributed by atoms with Crippen molar-refractivity contribution < 1.29 is 15.4 Å². The molecule has 4 nitrogen and oxygen atoms in total. The lowest BCUT2D eigenvalue weighted by molar-refractivity contribution is 0.0760.